The molecule has 1 saturated carbocycles. The lowest BCUT2D eigenvalue weighted by Gasteiger charge is -2.28. The zero-order valence-corrected chi connectivity index (χ0v) is 18.6. The van der Waals surface area contributed by atoms with Crippen molar-refractivity contribution in [2.45, 2.75) is 63.2 Å². The van der Waals surface area contributed by atoms with Crippen molar-refractivity contribution in [1.29, 1.82) is 0 Å². The lowest BCUT2D eigenvalue weighted by molar-refractivity contribution is -0.0525. The van der Waals surface area contributed by atoms with Crippen LogP contribution in [-0.4, -0.2) is 88.2 Å². The summed E-state index contributed by atoms with van der Waals surface area (Å²) in [6, 6.07) is 0.159. The Balaban J connectivity index is 1.67. The lowest BCUT2D eigenvalue weighted by atomic mass is 10.1. The number of rotatable bonds is 7. The van der Waals surface area contributed by atoms with Crippen LogP contribution >= 0.6 is 0 Å². The van der Waals surface area contributed by atoms with E-state index in [0.717, 1.165) is 25.7 Å². The summed E-state index contributed by atoms with van der Waals surface area (Å²) in [5.41, 5.74) is 0.682. The van der Waals surface area contributed by atoms with E-state index >= 15 is 0 Å². The van der Waals surface area contributed by atoms with Gasteiger partial charge in [0.05, 0.1) is 25.0 Å². The number of nitrogens with zero attached hydrogens (tertiary/aromatic N) is 6. The fraction of sp³-hybridized carbons (Fsp3) is 0.571. The van der Waals surface area contributed by atoms with Crippen molar-refractivity contribution in [3.05, 3.63) is 24.3 Å². The molecule has 13 heteroatoms. The number of hydrogen-bond donors (Lipinski definition) is 4. The van der Waals surface area contributed by atoms with Crippen molar-refractivity contribution < 1.29 is 29.6 Å². The molecule has 1 aromatic rings. The van der Waals surface area contributed by atoms with Gasteiger partial charge in [0.2, 0.25) is 5.95 Å². The molecule has 13 nitrogen and oxygen atoms in total. The van der Waals surface area contributed by atoms with E-state index < -0.39 is 37.1 Å². The summed E-state index contributed by atoms with van der Waals surface area (Å²) in [5.74, 6) is 0.477. The number of aliphatic hydroxyl groups is 3. The Labute approximate surface area is 194 Å². The van der Waals surface area contributed by atoms with Crippen molar-refractivity contribution in [2.75, 3.05) is 18.5 Å². The maximum absolute atomic E-state index is 12.2. The molecule has 1 aromatic heterocycles. The molecule has 3 aliphatic heterocycles. The van der Waals surface area contributed by atoms with Crippen LogP contribution in [0.3, 0.4) is 0 Å². The Morgan fingerprint density at radius 2 is 2.06 bits per heavy atom. The molecule has 4 atom stereocenters. The number of anilines is 1. The van der Waals surface area contributed by atoms with Crippen LogP contribution in [-0.2, 0) is 9.47 Å². The lowest BCUT2D eigenvalue weighted by Crippen LogP contribution is -2.34. The van der Waals surface area contributed by atoms with Crippen molar-refractivity contribution in [1.82, 2.24) is 29.3 Å². The van der Waals surface area contributed by atoms with E-state index in [-0.39, 0.29) is 24.2 Å². The van der Waals surface area contributed by atoms with Gasteiger partial charge in [0, 0.05) is 12.2 Å². The highest BCUT2D eigenvalue weighted by Crippen LogP contribution is 2.38. The number of imidazole rings is 1. The molecule has 0 bridgehead atoms. The normalized spacial score (nSPS) is 25.3. The molecular weight excluding hydrogens is 446 g/mol. The molecule has 1 saturated heterocycles. The van der Waals surface area contributed by atoms with Crippen molar-refractivity contribution in [3.63, 3.8) is 0 Å². The van der Waals surface area contributed by atoms with Crippen molar-refractivity contribution in [3.8, 4) is 17.5 Å². The fourth-order valence-corrected chi connectivity index (χ4v) is 4.52. The first kappa shape index (κ1) is 22.7. The third-order valence-electron chi connectivity index (χ3n) is 6.23. The predicted octanol–water partition coefficient (Wildman–Crippen LogP) is 0.106. The predicted molar refractivity (Wildman–Crippen MR) is 116 cm³/mol. The minimum atomic E-state index is -1.37. The molecule has 34 heavy (non-hydrogen) atoms. The Morgan fingerprint density at radius 1 is 1.26 bits per heavy atom. The van der Waals surface area contributed by atoms with E-state index in [0.29, 0.717) is 17.3 Å². The summed E-state index contributed by atoms with van der Waals surface area (Å²) in [6.07, 6.45) is 3.49. The first-order valence-corrected chi connectivity index (χ1v) is 11.4. The molecule has 0 spiro atoms. The molecule has 0 radical (unpaired) electrons. The summed E-state index contributed by atoms with van der Waals surface area (Å²) in [4.78, 5) is 25.4. The van der Waals surface area contributed by atoms with E-state index in [4.69, 9.17) is 9.47 Å². The Hall–Kier alpha value is -3.13. The molecule has 0 aromatic carbocycles. The van der Waals surface area contributed by atoms with Gasteiger partial charge in [-0.15, -0.1) is 0 Å². The smallest absolute Gasteiger partial charge is 0.341 e. The van der Waals surface area contributed by atoms with E-state index in [1.165, 1.54) is 23.4 Å². The van der Waals surface area contributed by atoms with Gasteiger partial charge in [0.25, 0.3) is 0 Å². The van der Waals surface area contributed by atoms with Crippen LogP contribution in [0.1, 0.15) is 49.2 Å². The first-order chi connectivity index (χ1) is 16.5. The van der Waals surface area contributed by atoms with Crippen LogP contribution in [0, 0.1) is 0 Å². The maximum atomic E-state index is 12.2. The largest absolute Gasteiger partial charge is 0.462 e. The number of carbonyl (C=O) groups excluding carboxylic acids is 1. The van der Waals surface area contributed by atoms with E-state index in [1.807, 2.05) is 0 Å². The summed E-state index contributed by atoms with van der Waals surface area (Å²) in [6.45, 7) is 1.45. The average molecular weight is 473 g/mol. The molecular formula is C21H27N7O6. The summed E-state index contributed by atoms with van der Waals surface area (Å²) < 4.78 is 13.8. The number of aliphatic hydroxyl groups excluding tert-OH is 3. The molecule has 182 valence electrons. The summed E-state index contributed by atoms with van der Waals surface area (Å²) in [7, 11) is 0. The van der Waals surface area contributed by atoms with Crippen LogP contribution in [0.15, 0.2) is 18.7 Å². The van der Waals surface area contributed by atoms with E-state index in [9.17, 15) is 20.1 Å². The second-order valence-electron chi connectivity index (χ2n) is 8.42. The highest BCUT2D eigenvalue weighted by atomic mass is 16.6. The molecule has 4 aliphatic rings. The quantitative estimate of drug-likeness (QED) is 0.343. The molecule has 2 fully saturated rings. The van der Waals surface area contributed by atoms with Crippen LogP contribution < -0.4 is 5.32 Å². The van der Waals surface area contributed by atoms with Gasteiger partial charge in [-0.3, -0.25) is 4.57 Å². The average Bonchev–Trinajstić information content (AvgIpc) is 3.63. The highest BCUT2D eigenvalue weighted by molar-refractivity contribution is 5.88. The minimum absolute atomic E-state index is 0.159. The second kappa shape index (κ2) is 9.25. The van der Waals surface area contributed by atoms with Crippen molar-refractivity contribution >= 4 is 11.8 Å². The van der Waals surface area contributed by atoms with Gasteiger partial charge in [0.15, 0.2) is 17.7 Å². The monoisotopic (exact) mass is 473 g/mol. The number of aromatic nitrogens is 6. The summed E-state index contributed by atoms with van der Waals surface area (Å²) >= 11 is 0. The van der Waals surface area contributed by atoms with Crippen LogP contribution in [0.2, 0.25) is 0 Å². The second-order valence-corrected chi connectivity index (χ2v) is 8.42. The van der Waals surface area contributed by atoms with Crippen LogP contribution in [0.4, 0.5) is 5.82 Å². The van der Waals surface area contributed by atoms with Gasteiger partial charge in [-0.25, -0.2) is 19.4 Å². The fourth-order valence-electron chi connectivity index (χ4n) is 4.52. The van der Waals surface area contributed by atoms with Crippen LogP contribution in [0.5, 0.6) is 0 Å². The number of esters is 1. The van der Waals surface area contributed by atoms with Crippen LogP contribution in [0.25, 0.3) is 17.5 Å². The minimum Gasteiger partial charge on any atom is -0.462 e. The number of nitrogens with one attached hydrogen (secondary N) is 1. The van der Waals surface area contributed by atoms with Gasteiger partial charge < -0.3 is 30.1 Å². The summed E-state index contributed by atoms with van der Waals surface area (Å²) in [5, 5.41) is 38.7. The molecule has 0 amide bonds. The number of carbonyl (C=O) groups is 1. The third kappa shape index (κ3) is 3.90. The topological polar surface area (TPSA) is 170 Å². The molecule has 5 rings (SSSR count). The number of fused-ring (bicyclic) bond motifs is 1. The first-order valence-electron chi connectivity index (χ1n) is 11.4. The number of hydrogen-bond acceptors (Lipinski definition) is 11. The Kier molecular flexibility index (Phi) is 6.16. The molecule has 4 heterocycles. The standard InChI is InChI=1S/C21H27N7O6/c1-2-33-20(32)11-7-24-27(8-11)21-26-17-14(22-10-23-17)18(25-12-5-3-4-6-12)28(21)19-16(31)15(30)13(9-29)34-19/h7-8,10,12-13,15-16,19,25,29-31H,2-6,9H2,1H3. The van der Waals surface area contributed by atoms with Gasteiger partial charge >= 0.3 is 5.97 Å². The SMILES string of the molecule is CCOC(=O)c1cnn(-c2nc3ncnc-3c(NC3CCCC3)n2C2OC(CO)C(O)C2O)c1. The van der Waals surface area contributed by atoms with Gasteiger partial charge in [-0.05, 0) is 19.8 Å². The van der Waals surface area contributed by atoms with Gasteiger partial charge in [0.1, 0.15) is 30.5 Å². The molecule has 4 unspecified atom stereocenters. The van der Waals surface area contributed by atoms with E-state index in [1.54, 1.807) is 11.5 Å². The molecule has 1 aliphatic carbocycles. The maximum Gasteiger partial charge on any atom is 0.341 e. The van der Waals surface area contributed by atoms with E-state index in [2.05, 4.69) is 25.4 Å². The Morgan fingerprint density at radius 3 is 2.76 bits per heavy atom. The number of ether oxygens (including phenoxy) is 2. The van der Waals surface area contributed by atoms with Gasteiger partial charge in [-0.1, -0.05) is 12.8 Å². The zero-order chi connectivity index (χ0) is 23.8. The van der Waals surface area contributed by atoms with Crippen molar-refractivity contribution in [2.24, 2.45) is 0 Å². The zero-order valence-electron chi connectivity index (χ0n) is 18.6. The Bertz CT molecular complexity index is 1130. The van der Waals surface area contributed by atoms with Gasteiger partial charge in [-0.2, -0.15) is 10.1 Å². The highest BCUT2D eigenvalue weighted by Gasteiger charge is 2.46. The molecule has 4 N–H and O–H groups in total. The third-order valence-corrected chi connectivity index (χ3v) is 6.23.